The first-order valence-corrected chi connectivity index (χ1v) is 7.50. The maximum Gasteiger partial charge on any atom is 0.338 e. The molecule has 1 heterocycles. The molecule has 0 bridgehead atoms. The first-order valence-electron chi connectivity index (χ1n) is 7.50. The average molecular weight is 323 g/mol. The van der Waals surface area contributed by atoms with Crippen molar-refractivity contribution < 1.29 is 18.8 Å². The van der Waals surface area contributed by atoms with Gasteiger partial charge in [-0.3, -0.25) is 0 Å². The van der Waals surface area contributed by atoms with Gasteiger partial charge < -0.3 is 14.0 Å². The molecule has 0 saturated heterocycles. The SMILES string of the molecule is COc1ccc(-c2cc(COC(=O)c3ccccc3C)no2)cc1. The maximum absolute atomic E-state index is 12.1. The third-order valence-electron chi connectivity index (χ3n) is 3.65. The number of aromatic nitrogens is 1. The largest absolute Gasteiger partial charge is 0.497 e. The Morgan fingerprint density at radius 2 is 1.88 bits per heavy atom. The van der Waals surface area contributed by atoms with Gasteiger partial charge in [-0.1, -0.05) is 23.4 Å². The second-order valence-corrected chi connectivity index (χ2v) is 5.30. The van der Waals surface area contributed by atoms with Crippen LogP contribution >= 0.6 is 0 Å². The lowest BCUT2D eigenvalue weighted by Crippen LogP contribution is -2.07. The predicted octanol–water partition coefficient (Wildman–Crippen LogP) is 4.02. The molecule has 3 rings (SSSR count). The van der Waals surface area contributed by atoms with Gasteiger partial charge in [0.2, 0.25) is 0 Å². The van der Waals surface area contributed by atoms with Gasteiger partial charge in [-0.25, -0.2) is 4.79 Å². The Morgan fingerprint density at radius 1 is 1.12 bits per heavy atom. The standard InChI is InChI=1S/C19H17NO4/c1-13-5-3-4-6-17(13)19(21)23-12-15-11-18(24-20-15)14-7-9-16(22-2)10-8-14/h3-11H,12H2,1-2H3. The molecule has 0 aliphatic heterocycles. The summed E-state index contributed by atoms with van der Waals surface area (Å²) in [4.78, 5) is 12.1. The van der Waals surface area contributed by atoms with Crippen LogP contribution in [0.1, 0.15) is 21.6 Å². The molecule has 0 saturated carbocycles. The summed E-state index contributed by atoms with van der Waals surface area (Å²) in [7, 11) is 1.62. The van der Waals surface area contributed by atoms with Crippen molar-refractivity contribution in [1.82, 2.24) is 5.16 Å². The van der Waals surface area contributed by atoms with Crippen LogP contribution in [0.25, 0.3) is 11.3 Å². The Hall–Kier alpha value is -3.08. The molecule has 2 aromatic carbocycles. The van der Waals surface area contributed by atoms with E-state index < -0.39 is 0 Å². The summed E-state index contributed by atoms with van der Waals surface area (Å²) in [5.74, 6) is 1.01. The van der Waals surface area contributed by atoms with E-state index in [2.05, 4.69) is 5.16 Å². The van der Waals surface area contributed by atoms with Crippen molar-refractivity contribution in [3.8, 4) is 17.1 Å². The lowest BCUT2D eigenvalue weighted by molar-refractivity contribution is 0.0463. The number of hydrogen-bond donors (Lipinski definition) is 0. The molecule has 0 radical (unpaired) electrons. The minimum Gasteiger partial charge on any atom is -0.497 e. The summed E-state index contributed by atoms with van der Waals surface area (Å²) < 4.78 is 15.7. The molecule has 0 N–H and O–H groups in total. The zero-order valence-corrected chi connectivity index (χ0v) is 13.5. The van der Waals surface area contributed by atoms with Crippen molar-refractivity contribution in [1.29, 1.82) is 0 Å². The molecular formula is C19H17NO4. The van der Waals surface area contributed by atoms with Gasteiger partial charge in [-0.15, -0.1) is 0 Å². The zero-order valence-electron chi connectivity index (χ0n) is 13.5. The second-order valence-electron chi connectivity index (χ2n) is 5.30. The minimum atomic E-state index is -0.373. The number of nitrogens with zero attached hydrogens (tertiary/aromatic N) is 1. The van der Waals surface area contributed by atoms with Crippen LogP contribution in [-0.2, 0) is 11.3 Å². The molecule has 0 fully saturated rings. The van der Waals surface area contributed by atoms with E-state index in [0.717, 1.165) is 16.9 Å². The van der Waals surface area contributed by atoms with Crippen LogP contribution in [0.4, 0.5) is 0 Å². The molecule has 0 aliphatic carbocycles. The highest BCUT2D eigenvalue weighted by Crippen LogP contribution is 2.23. The van der Waals surface area contributed by atoms with Gasteiger partial charge in [-0.05, 0) is 42.8 Å². The Kier molecular flexibility index (Phi) is 4.61. The van der Waals surface area contributed by atoms with E-state index in [4.69, 9.17) is 14.0 Å². The zero-order chi connectivity index (χ0) is 16.9. The number of rotatable bonds is 5. The fourth-order valence-electron chi connectivity index (χ4n) is 2.29. The number of carbonyl (C=O) groups is 1. The van der Waals surface area contributed by atoms with Crippen LogP contribution in [0.3, 0.4) is 0 Å². The fourth-order valence-corrected chi connectivity index (χ4v) is 2.29. The Balaban J connectivity index is 1.66. The highest BCUT2D eigenvalue weighted by Gasteiger charge is 2.12. The molecule has 0 unspecified atom stereocenters. The number of carbonyl (C=O) groups excluding carboxylic acids is 1. The minimum absolute atomic E-state index is 0.0623. The summed E-state index contributed by atoms with van der Waals surface area (Å²) in [6.07, 6.45) is 0. The number of benzene rings is 2. The first kappa shape index (κ1) is 15.8. The Morgan fingerprint density at radius 3 is 2.58 bits per heavy atom. The number of hydrogen-bond acceptors (Lipinski definition) is 5. The van der Waals surface area contributed by atoms with Crippen LogP contribution in [0.2, 0.25) is 0 Å². The number of ether oxygens (including phenoxy) is 2. The second kappa shape index (κ2) is 7.00. The summed E-state index contributed by atoms with van der Waals surface area (Å²) in [6.45, 7) is 1.93. The van der Waals surface area contributed by atoms with Crippen molar-refractivity contribution >= 4 is 5.97 Å². The highest BCUT2D eigenvalue weighted by atomic mass is 16.5. The summed E-state index contributed by atoms with van der Waals surface area (Å²) in [5.41, 5.74) is 2.86. The summed E-state index contributed by atoms with van der Waals surface area (Å²) in [5, 5.41) is 3.94. The first-order chi connectivity index (χ1) is 11.7. The molecule has 122 valence electrons. The van der Waals surface area contributed by atoms with Crippen molar-refractivity contribution in [3.05, 3.63) is 71.4 Å². The molecule has 3 aromatic rings. The molecule has 0 spiro atoms. The normalized spacial score (nSPS) is 10.4. The number of esters is 1. The smallest absolute Gasteiger partial charge is 0.338 e. The van der Waals surface area contributed by atoms with Gasteiger partial charge in [0.05, 0.1) is 12.7 Å². The third-order valence-corrected chi connectivity index (χ3v) is 3.65. The van der Waals surface area contributed by atoms with Gasteiger partial charge in [0, 0.05) is 11.6 Å². The molecular weight excluding hydrogens is 306 g/mol. The quantitative estimate of drug-likeness (QED) is 0.664. The van der Waals surface area contributed by atoms with E-state index in [0.29, 0.717) is 17.0 Å². The van der Waals surface area contributed by atoms with E-state index in [-0.39, 0.29) is 12.6 Å². The molecule has 0 aliphatic rings. The average Bonchev–Trinajstić information content (AvgIpc) is 3.09. The van der Waals surface area contributed by atoms with Gasteiger partial charge >= 0.3 is 5.97 Å². The van der Waals surface area contributed by atoms with Crippen molar-refractivity contribution in [2.45, 2.75) is 13.5 Å². The summed E-state index contributed by atoms with van der Waals surface area (Å²) >= 11 is 0. The van der Waals surface area contributed by atoms with E-state index in [1.807, 2.05) is 49.4 Å². The van der Waals surface area contributed by atoms with Gasteiger partial charge in [0.25, 0.3) is 0 Å². The Bertz CT molecular complexity index is 837. The molecule has 0 atom stereocenters. The van der Waals surface area contributed by atoms with Crippen molar-refractivity contribution in [2.24, 2.45) is 0 Å². The van der Waals surface area contributed by atoms with Crippen LogP contribution in [0.15, 0.2) is 59.1 Å². The highest BCUT2D eigenvalue weighted by molar-refractivity contribution is 5.90. The molecule has 5 heteroatoms. The molecule has 24 heavy (non-hydrogen) atoms. The lowest BCUT2D eigenvalue weighted by Gasteiger charge is -2.04. The molecule has 5 nitrogen and oxygen atoms in total. The molecule has 0 amide bonds. The van der Waals surface area contributed by atoms with E-state index in [9.17, 15) is 4.79 Å². The molecule has 1 aromatic heterocycles. The third kappa shape index (κ3) is 3.46. The van der Waals surface area contributed by atoms with E-state index >= 15 is 0 Å². The number of aryl methyl sites for hydroxylation is 1. The maximum atomic E-state index is 12.1. The van der Waals surface area contributed by atoms with Crippen LogP contribution in [0, 0.1) is 6.92 Å². The lowest BCUT2D eigenvalue weighted by atomic mass is 10.1. The van der Waals surface area contributed by atoms with E-state index in [1.165, 1.54) is 0 Å². The van der Waals surface area contributed by atoms with Crippen LogP contribution in [0.5, 0.6) is 5.75 Å². The van der Waals surface area contributed by atoms with Crippen LogP contribution < -0.4 is 4.74 Å². The predicted molar refractivity (Wildman–Crippen MR) is 88.8 cm³/mol. The van der Waals surface area contributed by atoms with Crippen molar-refractivity contribution in [3.63, 3.8) is 0 Å². The van der Waals surface area contributed by atoms with Crippen LogP contribution in [-0.4, -0.2) is 18.2 Å². The topological polar surface area (TPSA) is 61.6 Å². The fraction of sp³-hybridized carbons (Fsp3) is 0.158. The monoisotopic (exact) mass is 323 g/mol. The Labute approximate surface area is 139 Å². The van der Waals surface area contributed by atoms with Gasteiger partial charge in [-0.2, -0.15) is 0 Å². The summed E-state index contributed by atoms with van der Waals surface area (Å²) in [6, 6.07) is 16.5. The van der Waals surface area contributed by atoms with Gasteiger partial charge in [0.1, 0.15) is 18.1 Å². The number of methoxy groups -OCH3 is 1. The van der Waals surface area contributed by atoms with Gasteiger partial charge in [0.15, 0.2) is 5.76 Å². The van der Waals surface area contributed by atoms with E-state index in [1.54, 1.807) is 19.2 Å². The van der Waals surface area contributed by atoms with Crippen molar-refractivity contribution in [2.75, 3.05) is 7.11 Å².